The molecule has 25 heavy (non-hydrogen) atoms. The van der Waals surface area contributed by atoms with Gasteiger partial charge in [-0.2, -0.15) is 9.78 Å². The number of carboxylic acids is 1. The van der Waals surface area contributed by atoms with Gasteiger partial charge in [-0.05, 0) is 30.5 Å². The zero-order chi connectivity index (χ0) is 17.6. The Balaban J connectivity index is 1.89. The summed E-state index contributed by atoms with van der Waals surface area (Å²) in [6.45, 7) is 0. The lowest BCUT2D eigenvalue weighted by Crippen LogP contribution is -2.24. The first-order valence-electron chi connectivity index (χ1n) is 8.21. The second kappa shape index (κ2) is 8.24. The van der Waals surface area contributed by atoms with E-state index in [0.717, 1.165) is 43.3 Å². The van der Waals surface area contributed by atoms with Crippen LogP contribution in [0.4, 0.5) is 4.39 Å². The van der Waals surface area contributed by atoms with Crippen molar-refractivity contribution in [3.8, 4) is 0 Å². The topological polar surface area (TPSA) is 83.2 Å². The first-order chi connectivity index (χ1) is 12.1. The number of benzene rings is 1. The lowest BCUT2D eigenvalue weighted by atomic mass is 9.89. The van der Waals surface area contributed by atoms with Crippen molar-refractivity contribution in [2.45, 2.75) is 43.2 Å². The van der Waals surface area contributed by atoms with Gasteiger partial charge in [-0.3, -0.25) is 0 Å². The van der Waals surface area contributed by atoms with Crippen molar-refractivity contribution in [3.63, 3.8) is 0 Å². The number of hydrogen-bond donors (Lipinski definition) is 0. The fourth-order valence-corrected chi connectivity index (χ4v) is 3.53. The monoisotopic (exact) mass is 361 g/mol. The Morgan fingerprint density at radius 1 is 1.36 bits per heavy atom. The summed E-state index contributed by atoms with van der Waals surface area (Å²) in [5.41, 5.74) is 0.610. The molecule has 2 aromatic rings. The highest BCUT2D eigenvalue weighted by atomic mass is 32.2. The third-order valence-electron chi connectivity index (χ3n) is 4.10. The van der Waals surface area contributed by atoms with Crippen LogP contribution in [0.15, 0.2) is 34.5 Å². The first kappa shape index (κ1) is 17.6. The normalized spacial score (nSPS) is 15.7. The largest absolute Gasteiger partial charge is 0.549 e. The number of aromatic nitrogens is 3. The number of hydrogen-bond acceptors (Lipinski definition) is 6. The standard InChI is InChI=1S/C17H19FN4O2S/c18-14-8-4-5-12(9-14)10-19-22-16(13-6-2-1-3-7-13)20-21-17(22)25-11-15(23)24/h4-5,8-10,13H,1-3,6-7,11H2,(H,23,24)/p-1/b19-10-. The van der Waals surface area contributed by atoms with E-state index in [1.54, 1.807) is 16.8 Å². The molecule has 1 fully saturated rings. The Kier molecular flexibility index (Phi) is 5.80. The average molecular weight is 361 g/mol. The van der Waals surface area contributed by atoms with Gasteiger partial charge in [-0.1, -0.05) is 43.2 Å². The fourth-order valence-electron chi connectivity index (χ4n) is 2.93. The van der Waals surface area contributed by atoms with Crippen LogP contribution in [0.5, 0.6) is 0 Å². The Labute approximate surface area is 149 Å². The SMILES string of the molecule is O=C([O-])CSc1nnc(C2CCCCC2)n1/N=C\c1cccc(F)c1. The third-order valence-corrected chi connectivity index (χ3v) is 4.99. The maximum Gasteiger partial charge on any atom is 0.212 e. The van der Waals surface area contributed by atoms with E-state index in [2.05, 4.69) is 15.3 Å². The number of carboxylic acid groups (broad SMARTS) is 1. The Bertz CT molecular complexity index is 772. The van der Waals surface area contributed by atoms with Gasteiger partial charge in [0.1, 0.15) is 5.82 Å². The van der Waals surface area contributed by atoms with Gasteiger partial charge in [-0.25, -0.2) is 4.39 Å². The molecule has 6 nitrogen and oxygen atoms in total. The van der Waals surface area contributed by atoms with Crippen molar-refractivity contribution in [2.75, 3.05) is 5.75 Å². The van der Waals surface area contributed by atoms with E-state index in [9.17, 15) is 14.3 Å². The van der Waals surface area contributed by atoms with Crippen molar-refractivity contribution in [1.29, 1.82) is 0 Å². The number of aliphatic carboxylic acids is 1. The molecule has 0 aliphatic heterocycles. The number of thioether (sulfide) groups is 1. The van der Waals surface area contributed by atoms with Crippen LogP contribution in [0, 0.1) is 5.82 Å². The molecule has 1 aromatic heterocycles. The van der Waals surface area contributed by atoms with Crippen LogP contribution in [-0.2, 0) is 4.79 Å². The number of rotatable bonds is 6. The quantitative estimate of drug-likeness (QED) is 0.582. The summed E-state index contributed by atoms with van der Waals surface area (Å²) in [6, 6.07) is 6.09. The lowest BCUT2D eigenvalue weighted by Gasteiger charge is -2.20. The summed E-state index contributed by atoms with van der Waals surface area (Å²) in [4.78, 5) is 10.7. The van der Waals surface area contributed by atoms with Crippen LogP contribution >= 0.6 is 11.8 Å². The Morgan fingerprint density at radius 2 is 2.16 bits per heavy atom. The Morgan fingerprint density at radius 3 is 2.88 bits per heavy atom. The summed E-state index contributed by atoms with van der Waals surface area (Å²) >= 11 is 1.02. The molecule has 1 aliphatic carbocycles. The number of halogens is 1. The van der Waals surface area contributed by atoms with Crippen LogP contribution in [0.1, 0.15) is 49.4 Å². The molecule has 0 N–H and O–H groups in total. The van der Waals surface area contributed by atoms with Crippen LogP contribution in [-0.4, -0.2) is 32.8 Å². The summed E-state index contributed by atoms with van der Waals surface area (Å²) in [5.74, 6) is -0.755. The van der Waals surface area contributed by atoms with E-state index in [1.807, 2.05) is 0 Å². The van der Waals surface area contributed by atoms with Crippen molar-refractivity contribution in [2.24, 2.45) is 5.10 Å². The van der Waals surface area contributed by atoms with Gasteiger partial charge in [0.2, 0.25) is 5.16 Å². The van der Waals surface area contributed by atoms with Crippen molar-refractivity contribution in [3.05, 3.63) is 41.5 Å². The van der Waals surface area contributed by atoms with E-state index >= 15 is 0 Å². The zero-order valence-corrected chi connectivity index (χ0v) is 14.4. The number of carbonyl (C=O) groups is 1. The molecule has 0 spiro atoms. The predicted octanol–water partition coefficient (Wildman–Crippen LogP) is 2.19. The predicted molar refractivity (Wildman–Crippen MR) is 91.0 cm³/mol. The number of carbonyl (C=O) groups excluding carboxylic acids is 1. The van der Waals surface area contributed by atoms with Gasteiger partial charge in [0.05, 0.1) is 12.2 Å². The molecule has 1 heterocycles. The summed E-state index contributed by atoms with van der Waals surface area (Å²) in [6.07, 6.45) is 7.03. The molecule has 0 saturated heterocycles. The van der Waals surface area contributed by atoms with E-state index in [1.165, 1.54) is 24.8 Å². The van der Waals surface area contributed by atoms with Gasteiger partial charge in [-0.15, -0.1) is 10.2 Å². The lowest BCUT2D eigenvalue weighted by molar-refractivity contribution is -0.301. The molecule has 0 unspecified atom stereocenters. The van der Waals surface area contributed by atoms with Crippen LogP contribution in [0.2, 0.25) is 0 Å². The molecule has 1 aliphatic rings. The molecule has 0 bridgehead atoms. The van der Waals surface area contributed by atoms with Gasteiger partial charge in [0.25, 0.3) is 0 Å². The molecular weight excluding hydrogens is 343 g/mol. The second-order valence-electron chi connectivity index (χ2n) is 5.95. The summed E-state index contributed by atoms with van der Waals surface area (Å²) < 4.78 is 14.9. The van der Waals surface area contributed by atoms with Crippen molar-refractivity contribution < 1.29 is 14.3 Å². The van der Waals surface area contributed by atoms with Crippen LogP contribution < -0.4 is 5.11 Å². The molecular formula is C17H18FN4O2S-. The minimum atomic E-state index is -1.17. The minimum Gasteiger partial charge on any atom is -0.549 e. The van der Waals surface area contributed by atoms with Gasteiger partial charge < -0.3 is 9.90 Å². The van der Waals surface area contributed by atoms with E-state index in [0.29, 0.717) is 10.7 Å². The highest BCUT2D eigenvalue weighted by Gasteiger charge is 2.23. The fraction of sp³-hybridized carbons (Fsp3) is 0.412. The van der Waals surface area contributed by atoms with Crippen molar-refractivity contribution in [1.82, 2.24) is 14.9 Å². The molecule has 132 valence electrons. The first-order valence-corrected chi connectivity index (χ1v) is 9.20. The average Bonchev–Trinajstić information content (AvgIpc) is 3.02. The maximum absolute atomic E-state index is 13.3. The molecule has 0 atom stereocenters. The zero-order valence-electron chi connectivity index (χ0n) is 13.6. The number of nitrogens with zero attached hydrogens (tertiary/aromatic N) is 4. The van der Waals surface area contributed by atoms with Gasteiger partial charge >= 0.3 is 0 Å². The smallest absolute Gasteiger partial charge is 0.212 e. The van der Waals surface area contributed by atoms with E-state index in [-0.39, 0.29) is 17.5 Å². The van der Waals surface area contributed by atoms with Gasteiger partial charge in [0, 0.05) is 11.7 Å². The molecule has 0 radical (unpaired) electrons. The molecule has 1 aromatic carbocycles. The maximum atomic E-state index is 13.3. The molecule has 8 heteroatoms. The highest BCUT2D eigenvalue weighted by molar-refractivity contribution is 7.99. The van der Waals surface area contributed by atoms with Gasteiger partial charge in [0.15, 0.2) is 5.82 Å². The second-order valence-corrected chi connectivity index (χ2v) is 6.89. The van der Waals surface area contributed by atoms with Crippen LogP contribution in [0.25, 0.3) is 0 Å². The summed E-state index contributed by atoms with van der Waals surface area (Å²) in [7, 11) is 0. The highest BCUT2D eigenvalue weighted by Crippen LogP contribution is 2.33. The molecule has 3 rings (SSSR count). The summed E-state index contributed by atoms with van der Waals surface area (Å²) in [5, 5.41) is 23.9. The molecule has 1 saturated carbocycles. The third kappa shape index (κ3) is 4.66. The molecule has 0 amide bonds. The van der Waals surface area contributed by atoms with Crippen LogP contribution in [0.3, 0.4) is 0 Å². The minimum absolute atomic E-state index is 0.224. The van der Waals surface area contributed by atoms with E-state index in [4.69, 9.17) is 0 Å². The Hall–Kier alpha value is -2.22. The van der Waals surface area contributed by atoms with E-state index < -0.39 is 5.97 Å². The van der Waals surface area contributed by atoms with Crippen molar-refractivity contribution >= 4 is 23.9 Å².